The number of hydrazone groups is 1. The van der Waals surface area contributed by atoms with E-state index < -0.39 is 6.03 Å². The average Bonchev–Trinajstić information content (AvgIpc) is 2.18. The molecule has 3 N–H and O–H groups in total. The summed E-state index contributed by atoms with van der Waals surface area (Å²) in [6.45, 7) is 0. The van der Waals surface area contributed by atoms with Crippen LogP contribution in [0.4, 0.5) is 4.79 Å². The lowest BCUT2D eigenvalue weighted by atomic mass is 10.2. The standard InChI is InChI=1S/C9H11N3OS/c1-14-8-4-2-7(3-5-8)6-11-12-9(10)13/h2-6H,1H3,(H3,10,12,13)/b11-6-. The molecule has 1 aromatic rings. The average molecular weight is 209 g/mol. The van der Waals surface area contributed by atoms with Crippen LogP contribution in [0.15, 0.2) is 34.3 Å². The first-order chi connectivity index (χ1) is 6.72. The van der Waals surface area contributed by atoms with Crippen molar-refractivity contribution < 1.29 is 4.79 Å². The summed E-state index contributed by atoms with van der Waals surface area (Å²) in [5, 5.41) is 3.64. The van der Waals surface area contributed by atoms with Crippen LogP contribution < -0.4 is 11.2 Å². The highest BCUT2D eigenvalue weighted by Crippen LogP contribution is 2.13. The number of nitrogens with zero attached hydrogens (tertiary/aromatic N) is 1. The monoisotopic (exact) mass is 209 g/mol. The maximum atomic E-state index is 10.3. The van der Waals surface area contributed by atoms with Crippen molar-refractivity contribution in [3.05, 3.63) is 29.8 Å². The number of carbonyl (C=O) groups is 1. The molecule has 0 fully saturated rings. The van der Waals surface area contributed by atoms with E-state index in [-0.39, 0.29) is 0 Å². The normalized spacial score (nSPS) is 10.4. The van der Waals surface area contributed by atoms with E-state index in [1.165, 1.54) is 11.1 Å². The first kappa shape index (κ1) is 10.6. The zero-order valence-electron chi connectivity index (χ0n) is 7.73. The number of hydrogen-bond donors (Lipinski definition) is 2. The Morgan fingerprint density at radius 1 is 1.50 bits per heavy atom. The van der Waals surface area contributed by atoms with Gasteiger partial charge in [-0.25, -0.2) is 10.2 Å². The van der Waals surface area contributed by atoms with Crippen LogP contribution in [0, 0.1) is 0 Å². The second-order valence-corrected chi connectivity index (χ2v) is 3.39. The molecule has 0 heterocycles. The quantitative estimate of drug-likeness (QED) is 0.449. The highest BCUT2D eigenvalue weighted by Gasteiger charge is 1.90. The molecule has 0 aliphatic carbocycles. The molecule has 1 rings (SSSR count). The van der Waals surface area contributed by atoms with Crippen LogP contribution in [0.25, 0.3) is 0 Å². The van der Waals surface area contributed by atoms with E-state index in [9.17, 15) is 4.79 Å². The Labute approximate surface area is 86.6 Å². The molecule has 0 saturated heterocycles. The zero-order chi connectivity index (χ0) is 10.4. The number of amides is 2. The van der Waals surface area contributed by atoms with Gasteiger partial charge in [0.2, 0.25) is 0 Å². The molecule has 0 aromatic heterocycles. The van der Waals surface area contributed by atoms with Gasteiger partial charge in [-0.1, -0.05) is 12.1 Å². The fourth-order valence-corrected chi connectivity index (χ4v) is 1.27. The minimum Gasteiger partial charge on any atom is -0.350 e. The first-order valence-electron chi connectivity index (χ1n) is 3.95. The Balaban J connectivity index is 2.59. The van der Waals surface area contributed by atoms with Crippen LogP contribution in [-0.4, -0.2) is 18.5 Å². The van der Waals surface area contributed by atoms with Gasteiger partial charge in [0.15, 0.2) is 0 Å². The van der Waals surface area contributed by atoms with Crippen LogP contribution in [-0.2, 0) is 0 Å². The first-order valence-corrected chi connectivity index (χ1v) is 5.17. The molecular weight excluding hydrogens is 198 g/mol. The van der Waals surface area contributed by atoms with Crippen LogP contribution in [0.1, 0.15) is 5.56 Å². The Morgan fingerprint density at radius 2 is 2.14 bits per heavy atom. The lowest BCUT2D eigenvalue weighted by Gasteiger charge is -1.96. The minimum absolute atomic E-state index is 0.665. The summed E-state index contributed by atoms with van der Waals surface area (Å²) < 4.78 is 0. The largest absolute Gasteiger partial charge is 0.350 e. The fraction of sp³-hybridized carbons (Fsp3) is 0.111. The van der Waals surface area contributed by atoms with E-state index in [0.717, 1.165) is 5.56 Å². The molecule has 0 saturated carbocycles. The lowest BCUT2D eigenvalue weighted by Crippen LogP contribution is -2.24. The van der Waals surface area contributed by atoms with E-state index in [1.807, 2.05) is 30.5 Å². The van der Waals surface area contributed by atoms with Crippen molar-refractivity contribution in [2.75, 3.05) is 6.26 Å². The van der Waals surface area contributed by atoms with Crippen molar-refractivity contribution in [3.8, 4) is 0 Å². The molecule has 0 radical (unpaired) electrons. The number of rotatable bonds is 3. The van der Waals surface area contributed by atoms with Gasteiger partial charge in [-0.05, 0) is 24.0 Å². The van der Waals surface area contributed by atoms with Gasteiger partial charge in [0.25, 0.3) is 0 Å². The van der Waals surface area contributed by atoms with Gasteiger partial charge >= 0.3 is 6.03 Å². The van der Waals surface area contributed by atoms with Gasteiger partial charge < -0.3 is 5.73 Å². The SMILES string of the molecule is CSc1ccc(/C=N\NC(N)=O)cc1. The van der Waals surface area contributed by atoms with Crippen LogP contribution in [0.5, 0.6) is 0 Å². The predicted molar refractivity (Wildman–Crippen MR) is 58.5 cm³/mol. The van der Waals surface area contributed by atoms with Gasteiger partial charge in [-0.3, -0.25) is 0 Å². The van der Waals surface area contributed by atoms with Gasteiger partial charge in [-0.15, -0.1) is 11.8 Å². The van der Waals surface area contributed by atoms with Crippen molar-refractivity contribution in [1.29, 1.82) is 0 Å². The molecule has 2 amide bonds. The van der Waals surface area contributed by atoms with Gasteiger partial charge in [0, 0.05) is 4.90 Å². The molecule has 0 unspecified atom stereocenters. The maximum absolute atomic E-state index is 10.3. The molecule has 74 valence electrons. The third-order valence-electron chi connectivity index (χ3n) is 1.50. The number of hydrogen-bond acceptors (Lipinski definition) is 3. The minimum atomic E-state index is -0.665. The molecule has 4 nitrogen and oxygen atoms in total. The molecule has 14 heavy (non-hydrogen) atoms. The second-order valence-electron chi connectivity index (χ2n) is 2.51. The van der Waals surface area contributed by atoms with Crippen molar-refractivity contribution in [2.45, 2.75) is 4.90 Å². The highest BCUT2D eigenvalue weighted by molar-refractivity contribution is 7.98. The Bertz CT molecular complexity index is 334. The molecule has 0 aliphatic heterocycles. The Morgan fingerprint density at radius 3 is 2.64 bits per heavy atom. The number of nitrogens with two attached hydrogens (primary N) is 1. The summed E-state index contributed by atoms with van der Waals surface area (Å²) in [7, 11) is 0. The van der Waals surface area contributed by atoms with Crippen molar-refractivity contribution >= 4 is 24.0 Å². The Hall–Kier alpha value is -1.49. The zero-order valence-corrected chi connectivity index (χ0v) is 8.54. The van der Waals surface area contributed by atoms with E-state index in [1.54, 1.807) is 11.8 Å². The molecule has 0 bridgehead atoms. The van der Waals surface area contributed by atoms with E-state index in [0.29, 0.717) is 0 Å². The predicted octanol–water partition coefficient (Wildman–Crippen LogP) is 1.41. The summed E-state index contributed by atoms with van der Waals surface area (Å²) in [6, 6.07) is 7.13. The summed E-state index contributed by atoms with van der Waals surface area (Å²) in [4.78, 5) is 11.5. The fourth-order valence-electron chi connectivity index (χ4n) is 0.860. The lowest BCUT2D eigenvalue weighted by molar-refractivity contribution is 0.249. The van der Waals surface area contributed by atoms with Crippen LogP contribution >= 0.6 is 11.8 Å². The number of urea groups is 1. The van der Waals surface area contributed by atoms with Crippen LogP contribution in [0.3, 0.4) is 0 Å². The summed E-state index contributed by atoms with van der Waals surface area (Å²) >= 11 is 1.67. The Kier molecular flexibility index (Phi) is 4.00. The molecule has 0 spiro atoms. The number of thioether (sulfide) groups is 1. The van der Waals surface area contributed by atoms with E-state index in [2.05, 4.69) is 10.5 Å². The second kappa shape index (κ2) is 5.29. The summed E-state index contributed by atoms with van der Waals surface area (Å²) in [5.41, 5.74) is 7.87. The third-order valence-corrected chi connectivity index (χ3v) is 2.25. The topological polar surface area (TPSA) is 67.5 Å². The third kappa shape index (κ3) is 3.49. The molecule has 5 heteroatoms. The molecule has 1 aromatic carbocycles. The number of benzene rings is 1. The number of primary amides is 1. The highest BCUT2D eigenvalue weighted by atomic mass is 32.2. The van der Waals surface area contributed by atoms with Crippen molar-refractivity contribution in [3.63, 3.8) is 0 Å². The maximum Gasteiger partial charge on any atom is 0.332 e. The van der Waals surface area contributed by atoms with Crippen molar-refractivity contribution in [1.82, 2.24) is 5.43 Å². The number of nitrogens with one attached hydrogen (secondary N) is 1. The molecule has 0 atom stereocenters. The summed E-state index contributed by atoms with van der Waals surface area (Å²) in [5.74, 6) is 0. The number of carbonyl (C=O) groups excluding carboxylic acids is 1. The smallest absolute Gasteiger partial charge is 0.332 e. The van der Waals surface area contributed by atoms with Crippen molar-refractivity contribution in [2.24, 2.45) is 10.8 Å². The summed E-state index contributed by atoms with van der Waals surface area (Å²) in [6.07, 6.45) is 3.55. The van der Waals surface area contributed by atoms with Gasteiger partial charge in [0.1, 0.15) is 0 Å². The van der Waals surface area contributed by atoms with Crippen LogP contribution in [0.2, 0.25) is 0 Å². The van der Waals surface area contributed by atoms with E-state index in [4.69, 9.17) is 5.73 Å². The van der Waals surface area contributed by atoms with Gasteiger partial charge in [-0.2, -0.15) is 5.10 Å². The molecule has 0 aliphatic rings. The van der Waals surface area contributed by atoms with E-state index >= 15 is 0 Å². The van der Waals surface area contributed by atoms with Gasteiger partial charge in [0.05, 0.1) is 6.21 Å². The molecular formula is C9H11N3OS.